The molecule has 0 saturated heterocycles. The second kappa shape index (κ2) is 8.90. The Hall–Kier alpha value is -3.33. The summed E-state index contributed by atoms with van der Waals surface area (Å²) in [5.41, 5.74) is -5.33. The lowest BCUT2D eigenvalue weighted by Gasteiger charge is -2.11. The van der Waals surface area contributed by atoms with Crippen LogP contribution in [0.25, 0.3) is 11.3 Å². The molecule has 3 rings (SSSR count). The number of thiol groups is 1. The number of aromatic amines is 1. The molecule has 0 atom stereocenters. The molecular weight excluding hydrogens is 493 g/mol. The van der Waals surface area contributed by atoms with Crippen molar-refractivity contribution in [3.05, 3.63) is 61.1 Å². The van der Waals surface area contributed by atoms with Crippen molar-refractivity contribution in [2.24, 2.45) is 7.05 Å². The van der Waals surface area contributed by atoms with Gasteiger partial charge in [0.15, 0.2) is 5.13 Å². The third-order valence-electron chi connectivity index (χ3n) is 4.33. The second-order valence-corrected chi connectivity index (χ2v) is 7.85. The van der Waals surface area contributed by atoms with Gasteiger partial charge in [0.1, 0.15) is 17.2 Å². The Balaban J connectivity index is 1.81. The summed E-state index contributed by atoms with van der Waals surface area (Å²) < 4.78 is 67.3. The normalized spacial score (nSPS) is 11.5. The summed E-state index contributed by atoms with van der Waals surface area (Å²) in [7, 11) is 1.17. The number of amides is 1. The fourth-order valence-corrected chi connectivity index (χ4v) is 3.81. The molecule has 0 aliphatic rings. The van der Waals surface area contributed by atoms with Crippen LogP contribution in [0.4, 0.5) is 27.1 Å². The zero-order chi connectivity index (χ0) is 24.7. The molecule has 0 aliphatic heterocycles. The SMILES string of the molecule is Cn1c(=O)[nH]c(S)c(C(=N)CC(=O)Nc2nc(-c3ccc(F)c(C(F)(F)F)c3F)cs2)c1=O. The first kappa shape index (κ1) is 24.3. The minimum Gasteiger partial charge on any atom is -0.304 e. The van der Waals surface area contributed by atoms with Crippen molar-refractivity contribution in [1.29, 1.82) is 5.41 Å². The van der Waals surface area contributed by atoms with Crippen LogP contribution in [0.3, 0.4) is 0 Å². The van der Waals surface area contributed by atoms with Gasteiger partial charge in [-0.1, -0.05) is 0 Å². The van der Waals surface area contributed by atoms with Crippen molar-refractivity contribution >= 4 is 40.7 Å². The molecule has 3 N–H and O–H groups in total. The van der Waals surface area contributed by atoms with Gasteiger partial charge in [-0.3, -0.25) is 14.2 Å². The van der Waals surface area contributed by atoms with Crippen molar-refractivity contribution in [2.75, 3.05) is 5.32 Å². The van der Waals surface area contributed by atoms with E-state index in [1.54, 1.807) is 0 Å². The van der Waals surface area contributed by atoms with E-state index in [2.05, 4.69) is 27.9 Å². The van der Waals surface area contributed by atoms with Gasteiger partial charge in [-0.05, 0) is 12.1 Å². The molecule has 174 valence electrons. The number of thiazole rings is 1. The van der Waals surface area contributed by atoms with E-state index in [9.17, 15) is 36.3 Å². The number of benzene rings is 1. The number of hydrogen-bond acceptors (Lipinski definition) is 7. The number of anilines is 1. The summed E-state index contributed by atoms with van der Waals surface area (Å²) >= 11 is 4.69. The summed E-state index contributed by atoms with van der Waals surface area (Å²) in [5.74, 6) is -4.44. The Morgan fingerprint density at radius 1 is 1.30 bits per heavy atom. The molecule has 33 heavy (non-hydrogen) atoms. The molecule has 2 heterocycles. The lowest BCUT2D eigenvalue weighted by molar-refractivity contribution is -0.142. The van der Waals surface area contributed by atoms with Crippen LogP contribution < -0.4 is 16.6 Å². The van der Waals surface area contributed by atoms with E-state index in [1.165, 1.54) is 7.05 Å². The zero-order valence-corrected chi connectivity index (χ0v) is 18.0. The molecule has 0 saturated carbocycles. The van der Waals surface area contributed by atoms with Gasteiger partial charge in [0.05, 0.1) is 28.4 Å². The number of H-pyrrole nitrogens is 1. The zero-order valence-electron chi connectivity index (χ0n) is 16.3. The van der Waals surface area contributed by atoms with Crippen molar-refractivity contribution in [1.82, 2.24) is 14.5 Å². The van der Waals surface area contributed by atoms with E-state index in [4.69, 9.17) is 5.41 Å². The van der Waals surface area contributed by atoms with Crippen molar-refractivity contribution in [3.63, 3.8) is 0 Å². The molecule has 0 spiro atoms. The van der Waals surface area contributed by atoms with Crippen LogP contribution >= 0.6 is 24.0 Å². The lowest BCUT2D eigenvalue weighted by Crippen LogP contribution is -2.37. The molecule has 0 aliphatic carbocycles. The summed E-state index contributed by atoms with van der Waals surface area (Å²) in [5, 5.41) is 11.1. The monoisotopic (exact) mass is 505 g/mol. The van der Waals surface area contributed by atoms with E-state index < -0.39 is 58.2 Å². The van der Waals surface area contributed by atoms with Gasteiger partial charge >= 0.3 is 11.9 Å². The molecule has 1 aromatic carbocycles. The minimum atomic E-state index is -5.26. The lowest BCUT2D eigenvalue weighted by atomic mass is 10.1. The molecule has 3 aromatic rings. The maximum Gasteiger partial charge on any atom is 0.422 e. The largest absolute Gasteiger partial charge is 0.422 e. The molecule has 1 amide bonds. The molecule has 0 unspecified atom stereocenters. The Kier molecular flexibility index (Phi) is 6.56. The van der Waals surface area contributed by atoms with Crippen molar-refractivity contribution in [3.8, 4) is 11.3 Å². The van der Waals surface area contributed by atoms with Crippen LogP contribution in [0.1, 0.15) is 17.5 Å². The minimum absolute atomic E-state index is 0.138. The maximum absolute atomic E-state index is 14.3. The third-order valence-corrected chi connectivity index (χ3v) is 5.42. The molecule has 0 fully saturated rings. The number of carbonyl (C=O) groups is 1. The van der Waals surface area contributed by atoms with E-state index in [0.29, 0.717) is 10.6 Å². The van der Waals surface area contributed by atoms with Crippen molar-refractivity contribution in [2.45, 2.75) is 17.6 Å². The fraction of sp³-hybridized carbons (Fsp3) is 0.167. The highest BCUT2D eigenvalue weighted by Gasteiger charge is 2.39. The summed E-state index contributed by atoms with van der Waals surface area (Å²) in [6.07, 6.45) is -5.89. The molecule has 15 heteroatoms. The summed E-state index contributed by atoms with van der Waals surface area (Å²) in [6, 6.07) is 1.25. The smallest absolute Gasteiger partial charge is 0.304 e. The van der Waals surface area contributed by atoms with Gasteiger partial charge in [-0.2, -0.15) is 13.2 Å². The first-order valence-electron chi connectivity index (χ1n) is 8.72. The van der Waals surface area contributed by atoms with E-state index in [1.807, 2.05) is 0 Å². The number of rotatable bonds is 5. The number of nitrogens with zero attached hydrogens (tertiary/aromatic N) is 2. The molecule has 2 aromatic heterocycles. The first-order chi connectivity index (χ1) is 15.3. The molecule has 0 bridgehead atoms. The summed E-state index contributed by atoms with van der Waals surface area (Å²) in [4.78, 5) is 42.0. The van der Waals surface area contributed by atoms with Crippen LogP contribution in [-0.2, 0) is 18.0 Å². The van der Waals surface area contributed by atoms with E-state index >= 15 is 0 Å². The number of halogens is 5. The van der Waals surface area contributed by atoms with Gasteiger partial charge in [-0.15, -0.1) is 24.0 Å². The number of aromatic nitrogens is 3. The second-order valence-electron chi connectivity index (χ2n) is 6.54. The maximum atomic E-state index is 14.3. The topological polar surface area (TPSA) is 121 Å². The average Bonchev–Trinajstić information content (AvgIpc) is 3.13. The van der Waals surface area contributed by atoms with Crippen LogP contribution in [0.15, 0.2) is 32.1 Å². The number of carbonyl (C=O) groups excluding carboxylic acids is 1. The Morgan fingerprint density at radius 3 is 2.61 bits per heavy atom. The summed E-state index contributed by atoms with van der Waals surface area (Å²) in [6.45, 7) is 0. The first-order valence-corrected chi connectivity index (χ1v) is 10.0. The predicted molar refractivity (Wildman–Crippen MR) is 112 cm³/mol. The molecule has 0 radical (unpaired) electrons. The molecule has 8 nitrogen and oxygen atoms in total. The van der Waals surface area contributed by atoms with Crippen LogP contribution in [-0.4, -0.2) is 26.2 Å². The van der Waals surface area contributed by atoms with Crippen LogP contribution in [0.2, 0.25) is 0 Å². The Bertz CT molecular complexity index is 1390. The van der Waals surface area contributed by atoms with Gasteiger partial charge in [0.2, 0.25) is 5.91 Å². The predicted octanol–water partition coefficient (Wildman–Crippen LogP) is 3.18. The van der Waals surface area contributed by atoms with Gasteiger partial charge in [0, 0.05) is 18.0 Å². The van der Waals surface area contributed by atoms with E-state index in [0.717, 1.165) is 22.8 Å². The fourth-order valence-electron chi connectivity index (χ4n) is 2.76. The molecular formula is C18H12F5N5O3S2. The van der Waals surface area contributed by atoms with Gasteiger partial charge in [-0.25, -0.2) is 18.6 Å². The van der Waals surface area contributed by atoms with Crippen LogP contribution in [0, 0.1) is 17.0 Å². The van der Waals surface area contributed by atoms with E-state index in [-0.39, 0.29) is 21.4 Å². The van der Waals surface area contributed by atoms with Gasteiger partial charge < -0.3 is 15.7 Å². The number of hydrogen-bond donors (Lipinski definition) is 4. The average molecular weight is 505 g/mol. The van der Waals surface area contributed by atoms with Crippen LogP contribution in [0.5, 0.6) is 0 Å². The van der Waals surface area contributed by atoms with Gasteiger partial charge in [0.25, 0.3) is 5.56 Å². The highest BCUT2D eigenvalue weighted by atomic mass is 32.1. The highest BCUT2D eigenvalue weighted by molar-refractivity contribution is 7.80. The van der Waals surface area contributed by atoms with Crippen molar-refractivity contribution < 1.29 is 26.7 Å². The third kappa shape index (κ3) is 4.88. The quantitative estimate of drug-likeness (QED) is 0.184. The standard InChI is InChI=1S/C18H12F5N5O3S2/c1-28-15(30)11(14(32)27-17(28)31)8(24)4-10(29)26-16-25-9(5-33-16)6-2-3-7(19)12(13(6)20)18(21,22)23/h2-3,5,24,32H,4H2,1H3,(H,27,31)(H,25,26,29). The number of alkyl halides is 3. The Labute approximate surface area is 190 Å². The highest BCUT2D eigenvalue weighted by Crippen LogP contribution is 2.38. The number of nitrogens with one attached hydrogen (secondary N) is 3. The Morgan fingerprint density at radius 2 is 1.97 bits per heavy atom.